The van der Waals surface area contributed by atoms with Crippen LogP contribution in [-0.4, -0.2) is 32.5 Å². The Kier molecular flexibility index (Phi) is 6.19. The molecule has 3 aliphatic rings. The van der Waals surface area contributed by atoms with Crippen LogP contribution in [0.15, 0.2) is 54.6 Å². The van der Waals surface area contributed by atoms with E-state index in [1.165, 1.54) is 0 Å². The summed E-state index contributed by atoms with van der Waals surface area (Å²) in [6.45, 7) is 6.18. The van der Waals surface area contributed by atoms with Crippen LogP contribution in [0.5, 0.6) is 23.0 Å². The maximum atomic E-state index is 14.4. The summed E-state index contributed by atoms with van der Waals surface area (Å²) in [7, 11) is 0. The van der Waals surface area contributed by atoms with Crippen LogP contribution < -0.4 is 23.8 Å². The molecule has 0 N–H and O–H groups in total. The smallest absolute Gasteiger partial charge is 0.245 e. The Balaban J connectivity index is 1.47. The van der Waals surface area contributed by atoms with E-state index in [0.717, 1.165) is 65.8 Å². The number of hydrogen-bond acceptors (Lipinski definition) is 5. The predicted molar refractivity (Wildman–Crippen MR) is 143 cm³/mol. The fourth-order valence-electron chi connectivity index (χ4n) is 5.73. The lowest BCUT2D eigenvalue weighted by molar-refractivity contribution is -0.122. The first-order valence-corrected chi connectivity index (χ1v) is 13.4. The summed E-state index contributed by atoms with van der Waals surface area (Å²) in [6.07, 6.45) is 5.27. The van der Waals surface area contributed by atoms with Crippen molar-refractivity contribution in [2.75, 3.05) is 31.5 Å². The summed E-state index contributed by atoms with van der Waals surface area (Å²) in [5.74, 6) is 2.94. The number of carbonyl (C=O) groups excluding carboxylic acids is 1. The molecule has 0 fully saturated rings. The maximum absolute atomic E-state index is 14.4. The highest BCUT2D eigenvalue weighted by Crippen LogP contribution is 2.57. The highest BCUT2D eigenvalue weighted by atomic mass is 16.7. The van der Waals surface area contributed by atoms with E-state index in [9.17, 15) is 4.79 Å². The minimum Gasteiger partial charge on any atom is -0.494 e. The van der Waals surface area contributed by atoms with E-state index in [1.54, 1.807) is 0 Å². The zero-order valence-electron chi connectivity index (χ0n) is 21.5. The molecular weight excluding hydrogens is 466 g/mol. The largest absolute Gasteiger partial charge is 0.494 e. The minimum absolute atomic E-state index is 0.0724. The van der Waals surface area contributed by atoms with E-state index in [1.807, 2.05) is 29.2 Å². The SMILES string of the molecule is CCCCCN1C(=O)C2(COc3cc4c(cc32)OCO4)c2c(-c3ccc(OCCCC)cc3)cccc21. The molecule has 1 spiro atoms. The topological polar surface area (TPSA) is 57.2 Å². The highest BCUT2D eigenvalue weighted by Gasteiger charge is 2.58. The molecule has 6 heteroatoms. The molecule has 3 aromatic carbocycles. The first-order valence-electron chi connectivity index (χ1n) is 13.4. The Morgan fingerprint density at radius 3 is 2.46 bits per heavy atom. The quantitative estimate of drug-likeness (QED) is 0.316. The number of hydrogen-bond donors (Lipinski definition) is 0. The van der Waals surface area contributed by atoms with Gasteiger partial charge in [0.05, 0.1) is 6.61 Å². The van der Waals surface area contributed by atoms with E-state index < -0.39 is 5.41 Å². The molecule has 1 unspecified atom stereocenters. The van der Waals surface area contributed by atoms with Gasteiger partial charge in [-0.2, -0.15) is 0 Å². The van der Waals surface area contributed by atoms with E-state index in [-0.39, 0.29) is 19.3 Å². The van der Waals surface area contributed by atoms with Crippen molar-refractivity contribution in [2.24, 2.45) is 0 Å². The standard InChI is InChI=1S/C31H33NO5/c1-3-5-7-15-32-25-10-8-9-23(21-11-13-22(14-12-21)34-16-6-4-2)29(25)31(30(32)33)19-35-26-18-28-27(17-24(26)31)36-20-37-28/h8-14,17-18H,3-7,15-16,19-20H2,1-2H3. The molecular formula is C31H33NO5. The molecule has 1 amide bonds. The number of fused-ring (bicyclic) bond motifs is 5. The van der Waals surface area contributed by atoms with Crippen LogP contribution in [0.1, 0.15) is 57.1 Å². The molecule has 0 saturated carbocycles. The number of carbonyl (C=O) groups is 1. The Morgan fingerprint density at radius 1 is 0.892 bits per heavy atom. The Hall–Kier alpha value is -3.67. The molecule has 37 heavy (non-hydrogen) atoms. The van der Waals surface area contributed by atoms with Gasteiger partial charge in [0.1, 0.15) is 23.5 Å². The van der Waals surface area contributed by atoms with Crippen LogP contribution >= 0.6 is 0 Å². The average molecular weight is 500 g/mol. The summed E-state index contributed by atoms with van der Waals surface area (Å²) in [4.78, 5) is 16.4. The summed E-state index contributed by atoms with van der Waals surface area (Å²) in [5, 5.41) is 0. The van der Waals surface area contributed by atoms with Gasteiger partial charge >= 0.3 is 0 Å². The van der Waals surface area contributed by atoms with Crippen molar-refractivity contribution in [3.05, 3.63) is 65.7 Å². The van der Waals surface area contributed by atoms with Crippen LogP contribution in [0, 0.1) is 0 Å². The third kappa shape index (κ3) is 3.81. The van der Waals surface area contributed by atoms with Gasteiger partial charge in [0, 0.05) is 29.4 Å². The van der Waals surface area contributed by atoms with Gasteiger partial charge in [-0.05, 0) is 48.2 Å². The van der Waals surface area contributed by atoms with E-state index in [0.29, 0.717) is 30.4 Å². The molecule has 0 saturated heterocycles. The number of anilines is 1. The predicted octanol–water partition coefficient (Wildman–Crippen LogP) is 6.48. The van der Waals surface area contributed by atoms with Gasteiger partial charge in [0.25, 0.3) is 0 Å². The summed E-state index contributed by atoms with van der Waals surface area (Å²) < 4.78 is 23.4. The van der Waals surface area contributed by atoms with E-state index in [2.05, 4.69) is 44.2 Å². The average Bonchev–Trinajstić information content (AvgIpc) is 3.60. The van der Waals surface area contributed by atoms with E-state index in [4.69, 9.17) is 18.9 Å². The van der Waals surface area contributed by atoms with Crippen molar-refractivity contribution in [1.82, 2.24) is 0 Å². The van der Waals surface area contributed by atoms with Gasteiger partial charge in [0.15, 0.2) is 11.5 Å². The molecule has 3 heterocycles. The van der Waals surface area contributed by atoms with Crippen molar-refractivity contribution >= 4 is 11.6 Å². The van der Waals surface area contributed by atoms with Crippen molar-refractivity contribution < 1.29 is 23.7 Å². The molecule has 0 bridgehead atoms. The third-order valence-corrected chi connectivity index (χ3v) is 7.67. The van der Waals surface area contributed by atoms with Crippen LogP contribution in [-0.2, 0) is 10.2 Å². The zero-order valence-corrected chi connectivity index (χ0v) is 21.5. The monoisotopic (exact) mass is 499 g/mol. The molecule has 3 aliphatic heterocycles. The maximum Gasteiger partial charge on any atom is 0.245 e. The second-order valence-corrected chi connectivity index (χ2v) is 9.99. The van der Waals surface area contributed by atoms with Crippen molar-refractivity contribution in [2.45, 2.75) is 51.4 Å². The lowest BCUT2D eigenvalue weighted by Gasteiger charge is -2.24. The molecule has 0 radical (unpaired) electrons. The first kappa shape index (κ1) is 23.7. The summed E-state index contributed by atoms with van der Waals surface area (Å²) >= 11 is 0. The molecule has 3 aromatic rings. The van der Waals surface area contributed by atoms with Gasteiger partial charge in [-0.3, -0.25) is 4.79 Å². The Labute approximate surface area is 218 Å². The van der Waals surface area contributed by atoms with Crippen LogP contribution in [0.2, 0.25) is 0 Å². The van der Waals surface area contributed by atoms with Gasteiger partial charge in [-0.1, -0.05) is 57.4 Å². The fraction of sp³-hybridized carbons (Fsp3) is 0.387. The zero-order chi connectivity index (χ0) is 25.4. The molecule has 192 valence electrons. The number of nitrogens with zero attached hydrogens (tertiary/aromatic N) is 1. The lowest BCUT2D eigenvalue weighted by Crippen LogP contribution is -2.43. The van der Waals surface area contributed by atoms with Crippen molar-refractivity contribution in [1.29, 1.82) is 0 Å². The van der Waals surface area contributed by atoms with Gasteiger partial charge in [-0.15, -0.1) is 0 Å². The van der Waals surface area contributed by atoms with Crippen molar-refractivity contribution in [3.8, 4) is 34.1 Å². The van der Waals surface area contributed by atoms with Crippen LogP contribution in [0.25, 0.3) is 11.1 Å². The molecule has 0 aromatic heterocycles. The normalized spacial score (nSPS) is 18.8. The summed E-state index contributed by atoms with van der Waals surface area (Å²) in [5.41, 5.74) is 4.00. The van der Waals surface area contributed by atoms with Crippen molar-refractivity contribution in [3.63, 3.8) is 0 Å². The first-order chi connectivity index (χ1) is 18.2. The molecule has 6 nitrogen and oxygen atoms in total. The minimum atomic E-state index is -0.926. The summed E-state index contributed by atoms with van der Waals surface area (Å²) in [6, 6.07) is 18.3. The number of ether oxygens (including phenoxy) is 4. The molecule has 6 rings (SSSR count). The third-order valence-electron chi connectivity index (χ3n) is 7.67. The number of unbranched alkanes of at least 4 members (excludes halogenated alkanes) is 3. The van der Waals surface area contributed by atoms with Gasteiger partial charge in [0.2, 0.25) is 12.7 Å². The van der Waals surface area contributed by atoms with Gasteiger partial charge < -0.3 is 23.8 Å². The Morgan fingerprint density at radius 2 is 1.68 bits per heavy atom. The van der Waals surface area contributed by atoms with Crippen LogP contribution in [0.3, 0.4) is 0 Å². The highest BCUT2D eigenvalue weighted by molar-refractivity contribution is 6.13. The molecule has 0 aliphatic carbocycles. The lowest BCUT2D eigenvalue weighted by atomic mass is 9.74. The second kappa shape index (κ2) is 9.66. The van der Waals surface area contributed by atoms with Crippen LogP contribution in [0.4, 0.5) is 5.69 Å². The molecule has 1 atom stereocenters. The van der Waals surface area contributed by atoms with E-state index >= 15 is 0 Å². The van der Waals surface area contributed by atoms with Gasteiger partial charge in [-0.25, -0.2) is 0 Å². The number of rotatable bonds is 9. The fourth-order valence-corrected chi connectivity index (χ4v) is 5.73. The number of amides is 1. The second-order valence-electron chi connectivity index (χ2n) is 9.99. The number of benzene rings is 3. The Bertz CT molecular complexity index is 1320.